The van der Waals surface area contributed by atoms with Crippen LogP contribution < -0.4 is 22.5 Å². The van der Waals surface area contributed by atoms with Gasteiger partial charge in [-0.1, -0.05) is 41.9 Å². The van der Waals surface area contributed by atoms with E-state index in [-0.39, 0.29) is 19.0 Å². The molecule has 126 valence electrons. The maximum atomic E-state index is 8.71. The topological polar surface area (TPSA) is 41.5 Å². The van der Waals surface area contributed by atoms with Gasteiger partial charge in [-0.25, -0.2) is 0 Å². The number of hydrogen-bond acceptors (Lipinski definition) is 3. The number of nitrogens with one attached hydrogen (secondary N) is 1. The van der Waals surface area contributed by atoms with Gasteiger partial charge in [-0.3, -0.25) is 0 Å². The molecule has 0 amide bonds. The van der Waals surface area contributed by atoms with E-state index in [2.05, 4.69) is 17.4 Å². The fourth-order valence-electron chi connectivity index (χ4n) is 2.07. The van der Waals surface area contributed by atoms with Gasteiger partial charge in [0, 0.05) is 23.7 Å². The van der Waals surface area contributed by atoms with Crippen molar-refractivity contribution in [1.82, 2.24) is 5.32 Å². The Labute approximate surface area is 149 Å². The van der Waals surface area contributed by atoms with Crippen molar-refractivity contribution in [2.45, 2.75) is 26.0 Å². The number of aliphatic hydroxyl groups excluding tert-OH is 1. The molecule has 0 spiro atoms. The van der Waals surface area contributed by atoms with Crippen LogP contribution in [0.2, 0.25) is 5.02 Å². The van der Waals surface area contributed by atoms with Gasteiger partial charge >= 0.3 is 0 Å². The number of rotatable bonds is 9. The van der Waals surface area contributed by atoms with Crippen LogP contribution in [0.4, 0.5) is 0 Å². The van der Waals surface area contributed by atoms with Crippen molar-refractivity contribution in [1.29, 1.82) is 0 Å². The molecule has 0 aromatic heterocycles. The van der Waals surface area contributed by atoms with E-state index < -0.39 is 0 Å². The molecule has 0 heterocycles. The molecule has 23 heavy (non-hydrogen) atoms. The first-order valence-corrected chi connectivity index (χ1v) is 7.94. The van der Waals surface area contributed by atoms with E-state index in [1.807, 2.05) is 36.4 Å². The molecule has 0 aliphatic heterocycles. The van der Waals surface area contributed by atoms with Gasteiger partial charge in [0.2, 0.25) is 0 Å². The lowest BCUT2D eigenvalue weighted by atomic mass is 10.2. The Morgan fingerprint density at radius 3 is 2.43 bits per heavy atom. The van der Waals surface area contributed by atoms with Gasteiger partial charge in [0.15, 0.2) is 0 Å². The number of halogens is 2. The molecule has 2 aromatic rings. The Hall–Kier alpha value is -1.26. The quantitative estimate of drug-likeness (QED) is 0.654. The van der Waals surface area contributed by atoms with Crippen molar-refractivity contribution >= 4 is 11.6 Å². The highest BCUT2D eigenvalue weighted by molar-refractivity contribution is 6.31. The van der Waals surface area contributed by atoms with E-state index in [1.54, 1.807) is 0 Å². The number of ether oxygens (including phenoxy) is 1. The van der Waals surface area contributed by atoms with Gasteiger partial charge in [-0.2, -0.15) is 0 Å². The molecule has 2 rings (SSSR count). The SMILES string of the molecule is OCCCCNCc1ccc(OCc2ccccc2Cl)cc1.[Cl-]. The molecule has 0 atom stereocenters. The molecule has 3 nitrogen and oxygen atoms in total. The van der Waals surface area contributed by atoms with Crippen LogP contribution in [0, 0.1) is 0 Å². The second-order valence-electron chi connectivity index (χ2n) is 5.13. The Morgan fingerprint density at radius 2 is 1.74 bits per heavy atom. The van der Waals surface area contributed by atoms with Crippen molar-refractivity contribution in [2.24, 2.45) is 0 Å². The van der Waals surface area contributed by atoms with Gasteiger partial charge in [-0.05, 0) is 43.1 Å². The van der Waals surface area contributed by atoms with Crippen LogP contribution in [0.3, 0.4) is 0 Å². The van der Waals surface area contributed by atoms with Gasteiger partial charge in [-0.15, -0.1) is 0 Å². The summed E-state index contributed by atoms with van der Waals surface area (Å²) in [5.41, 5.74) is 2.20. The average molecular weight is 355 g/mol. The minimum absolute atomic E-state index is 0. The molecule has 0 saturated heterocycles. The number of aliphatic hydroxyl groups is 1. The molecule has 0 bridgehead atoms. The summed E-state index contributed by atoms with van der Waals surface area (Å²) in [5, 5.41) is 12.8. The summed E-state index contributed by atoms with van der Waals surface area (Å²) in [6.07, 6.45) is 1.84. The van der Waals surface area contributed by atoms with Gasteiger partial charge in [0.25, 0.3) is 0 Å². The summed E-state index contributed by atoms with van der Waals surface area (Å²) in [6.45, 7) is 2.49. The standard InChI is InChI=1S/C18H22ClNO2.ClH/c19-18-6-2-1-5-16(18)14-22-17-9-7-15(8-10-17)13-20-11-3-4-12-21;/h1-2,5-10,20-21H,3-4,11-14H2;1H/p-1. The summed E-state index contributed by atoms with van der Waals surface area (Å²) in [7, 11) is 0. The van der Waals surface area contributed by atoms with Gasteiger partial charge in [0.05, 0.1) is 0 Å². The molecule has 0 aliphatic carbocycles. The van der Waals surface area contributed by atoms with Gasteiger partial charge in [0.1, 0.15) is 12.4 Å². The van der Waals surface area contributed by atoms with Crippen molar-refractivity contribution in [3.8, 4) is 5.75 Å². The lowest BCUT2D eigenvalue weighted by Crippen LogP contribution is -3.00. The van der Waals surface area contributed by atoms with Crippen molar-refractivity contribution in [2.75, 3.05) is 13.2 Å². The Kier molecular flexibility index (Phi) is 9.72. The lowest BCUT2D eigenvalue weighted by molar-refractivity contribution is -0.00000591. The van der Waals surface area contributed by atoms with Crippen LogP contribution in [0.15, 0.2) is 48.5 Å². The summed E-state index contributed by atoms with van der Waals surface area (Å²) in [4.78, 5) is 0. The highest BCUT2D eigenvalue weighted by atomic mass is 35.5. The smallest absolute Gasteiger partial charge is 0.119 e. The minimum atomic E-state index is 0. The molecule has 0 unspecified atom stereocenters. The van der Waals surface area contributed by atoms with E-state index >= 15 is 0 Å². The van der Waals surface area contributed by atoms with E-state index in [4.69, 9.17) is 21.4 Å². The second kappa shape index (κ2) is 11.3. The van der Waals surface area contributed by atoms with Crippen LogP contribution in [-0.2, 0) is 13.2 Å². The minimum Gasteiger partial charge on any atom is -1.00 e. The first-order valence-electron chi connectivity index (χ1n) is 7.56. The third-order valence-corrected chi connectivity index (χ3v) is 3.74. The third kappa shape index (κ3) is 7.23. The molecule has 0 saturated carbocycles. The van der Waals surface area contributed by atoms with E-state index in [0.717, 1.165) is 42.3 Å². The van der Waals surface area contributed by atoms with Crippen LogP contribution in [0.25, 0.3) is 0 Å². The fourth-order valence-corrected chi connectivity index (χ4v) is 2.26. The van der Waals surface area contributed by atoms with Crippen molar-refractivity contribution < 1.29 is 22.3 Å². The summed E-state index contributed by atoms with van der Waals surface area (Å²) >= 11 is 6.11. The summed E-state index contributed by atoms with van der Waals surface area (Å²) < 4.78 is 5.75. The molecule has 2 N–H and O–H groups in total. The molecule has 0 fully saturated rings. The predicted molar refractivity (Wildman–Crippen MR) is 90.3 cm³/mol. The van der Waals surface area contributed by atoms with Gasteiger partial charge < -0.3 is 27.6 Å². The van der Waals surface area contributed by atoms with Crippen molar-refractivity contribution in [3.63, 3.8) is 0 Å². The second-order valence-corrected chi connectivity index (χ2v) is 5.54. The zero-order valence-corrected chi connectivity index (χ0v) is 14.5. The number of unbranched alkanes of at least 4 members (excludes halogenated alkanes) is 1. The fraction of sp³-hybridized carbons (Fsp3) is 0.333. The van der Waals surface area contributed by atoms with Crippen LogP contribution >= 0.6 is 11.6 Å². The normalized spacial score (nSPS) is 10.2. The maximum Gasteiger partial charge on any atom is 0.119 e. The number of benzene rings is 2. The van der Waals surface area contributed by atoms with Crippen LogP contribution in [0.1, 0.15) is 24.0 Å². The highest BCUT2D eigenvalue weighted by Gasteiger charge is 2.01. The molecular weight excluding hydrogens is 333 g/mol. The van der Waals surface area contributed by atoms with E-state index in [0.29, 0.717) is 6.61 Å². The Morgan fingerprint density at radius 1 is 1.00 bits per heavy atom. The molecule has 0 radical (unpaired) electrons. The third-order valence-electron chi connectivity index (χ3n) is 3.37. The Bertz CT molecular complexity index is 561. The maximum absolute atomic E-state index is 8.71. The first kappa shape index (κ1) is 19.8. The zero-order chi connectivity index (χ0) is 15.6. The largest absolute Gasteiger partial charge is 1.00 e. The van der Waals surface area contributed by atoms with Crippen LogP contribution in [0.5, 0.6) is 5.75 Å². The first-order chi connectivity index (χ1) is 10.8. The molecule has 0 aliphatic rings. The average Bonchev–Trinajstić information content (AvgIpc) is 2.55. The van der Waals surface area contributed by atoms with Crippen LogP contribution in [-0.4, -0.2) is 18.3 Å². The molecule has 2 aromatic carbocycles. The molecule has 5 heteroatoms. The summed E-state index contributed by atoms with van der Waals surface area (Å²) in [5.74, 6) is 0.837. The lowest BCUT2D eigenvalue weighted by Gasteiger charge is -2.09. The summed E-state index contributed by atoms with van der Waals surface area (Å²) in [6, 6.07) is 15.8. The highest BCUT2D eigenvalue weighted by Crippen LogP contribution is 2.18. The Balaban J connectivity index is 0.00000264. The predicted octanol–water partition coefficient (Wildman–Crippen LogP) is 0.785. The monoisotopic (exact) mass is 354 g/mol. The number of hydrogen-bond donors (Lipinski definition) is 2. The van der Waals surface area contributed by atoms with E-state index in [1.165, 1.54) is 5.56 Å². The van der Waals surface area contributed by atoms with E-state index in [9.17, 15) is 0 Å². The van der Waals surface area contributed by atoms with Crippen molar-refractivity contribution in [3.05, 3.63) is 64.7 Å². The molecular formula is C18H22Cl2NO2-. The zero-order valence-electron chi connectivity index (χ0n) is 13.0.